The van der Waals surface area contributed by atoms with Crippen LogP contribution < -0.4 is 4.90 Å². The standard InChI is InChI=1S/C16H16ClNO/c1-12-6-3-4-9-15(12)18(2)11-16(19)13-7-5-8-14(17)10-13/h3-10H,11H2,1-2H3. The number of carbonyl (C=O) groups excluding carboxylic acids is 1. The van der Waals surface area contributed by atoms with E-state index in [0.29, 0.717) is 17.1 Å². The van der Waals surface area contributed by atoms with E-state index in [2.05, 4.69) is 0 Å². The lowest BCUT2D eigenvalue weighted by Crippen LogP contribution is -2.26. The summed E-state index contributed by atoms with van der Waals surface area (Å²) in [6.45, 7) is 2.38. The van der Waals surface area contributed by atoms with Crippen LogP contribution in [0.5, 0.6) is 0 Å². The van der Waals surface area contributed by atoms with E-state index < -0.39 is 0 Å². The lowest BCUT2D eigenvalue weighted by Gasteiger charge is -2.20. The summed E-state index contributed by atoms with van der Waals surface area (Å²) < 4.78 is 0. The van der Waals surface area contributed by atoms with Crippen LogP contribution in [0, 0.1) is 6.92 Å². The van der Waals surface area contributed by atoms with Crippen LogP contribution in [0.4, 0.5) is 5.69 Å². The first kappa shape index (κ1) is 13.6. The van der Waals surface area contributed by atoms with Gasteiger partial charge < -0.3 is 4.90 Å². The molecule has 0 aliphatic rings. The third kappa shape index (κ3) is 3.36. The smallest absolute Gasteiger partial charge is 0.182 e. The van der Waals surface area contributed by atoms with Gasteiger partial charge in [0.25, 0.3) is 0 Å². The highest BCUT2D eigenvalue weighted by Gasteiger charge is 2.11. The predicted molar refractivity (Wildman–Crippen MR) is 80.2 cm³/mol. The Hall–Kier alpha value is -1.80. The fourth-order valence-electron chi connectivity index (χ4n) is 2.05. The van der Waals surface area contributed by atoms with E-state index in [-0.39, 0.29) is 5.78 Å². The topological polar surface area (TPSA) is 20.3 Å². The molecule has 0 saturated carbocycles. The van der Waals surface area contributed by atoms with Crippen molar-refractivity contribution in [2.24, 2.45) is 0 Å². The molecule has 0 aliphatic heterocycles. The van der Waals surface area contributed by atoms with E-state index in [1.54, 1.807) is 24.3 Å². The lowest BCUT2D eigenvalue weighted by atomic mass is 10.1. The van der Waals surface area contributed by atoms with Crippen molar-refractivity contribution in [3.63, 3.8) is 0 Å². The molecule has 0 radical (unpaired) electrons. The van der Waals surface area contributed by atoms with Crippen molar-refractivity contribution in [2.45, 2.75) is 6.92 Å². The van der Waals surface area contributed by atoms with Crippen molar-refractivity contribution in [2.75, 3.05) is 18.5 Å². The van der Waals surface area contributed by atoms with Gasteiger partial charge in [0.1, 0.15) is 0 Å². The molecule has 0 amide bonds. The minimum absolute atomic E-state index is 0.0632. The maximum atomic E-state index is 12.2. The summed E-state index contributed by atoms with van der Waals surface area (Å²) in [6, 6.07) is 15.1. The summed E-state index contributed by atoms with van der Waals surface area (Å²) in [6.07, 6.45) is 0. The molecule has 0 fully saturated rings. The summed E-state index contributed by atoms with van der Waals surface area (Å²) >= 11 is 5.90. The van der Waals surface area contributed by atoms with Crippen molar-refractivity contribution in [1.29, 1.82) is 0 Å². The summed E-state index contributed by atoms with van der Waals surface area (Å²) in [5, 5.41) is 0.587. The van der Waals surface area contributed by atoms with Crippen LogP contribution in [0.3, 0.4) is 0 Å². The second kappa shape index (κ2) is 5.89. The van der Waals surface area contributed by atoms with Gasteiger partial charge in [-0.2, -0.15) is 0 Å². The molecule has 2 aromatic carbocycles. The van der Waals surface area contributed by atoms with Gasteiger partial charge in [-0.3, -0.25) is 4.79 Å². The number of Topliss-reactive ketones (excluding diaryl/α,β-unsaturated/α-hetero) is 1. The van der Waals surface area contributed by atoms with Crippen molar-refractivity contribution in [3.8, 4) is 0 Å². The predicted octanol–water partition coefficient (Wildman–Crippen LogP) is 3.97. The number of rotatable bonds is 4. The van der Waals surface area contributed by atoms with Gasteiger partial charge in [-0.05, 0) is 30.7 Å². The molecule has 0 bridgehead atoms. The Morgan fingerprint density at radius 3 is 2.58 bits per heavy atom. The number of anilines is 1. The van der Waals surface area contributed by atoms with Crippen LogP contribution in [0.25, 0.3) is 0 Å². The number of para-hydroxylation sites is 1. The summed E-state index contributed by atoms with van der Waals surface area (Å²) in [5.74, 6) is 0.0632. The number of halogens is 1. The average molecular weight is 274 g/mol. The Morgan fingerprint density at radius 1 is 1.16 bits per heavy atom. The maximum Gasteiger partial charge on any atom is 0.182 e. The van der Waals surface area contributed by atoms with Gasteiger partial charge in [0, 0.05) is 23.3 Å². The van der Waals surface area contributed by atoms with E-state index in [4.69, 9.17) is 11.6 Å². The van der Waals surface area contributed by atoms with Crippen LogP contribution in [0.2, 0.25) is 5.02 Å². The molecular formula is C16H16ClNO. The Labute approximate surface area is 118 Å². The quantitative estimate of drug-likeness (QED) is 0.786. The summed E-state index contributed by atoms with van der Waals surface area (Å²) in [7, 11) is 1.92. The minimum atomic E-state index is 0.0632. The molecule has 98 valence electrons. The second-order valence-corrected chi connectivity index (χ2v) is 5.01. The number of nitrogens with zero attached hydrogens (tertiary/aromatic N) is 1. The fraction of sp³-hybridized carbons (Fsp3) is 0.188. The van der Waals surface area contributed by atoms with Crippen molar-refractivity contribution < 1.29 is 4.79 Å². The van der Waals surface area contributed by atoms with Crippen molar-refractivity contribution >= 4 is 23.1 Å². The first-order chi connectivity index (χ1) is 9.08. The molecule has 0 aliphatic carbocycles. The molecule has 0 spiro atoms. The van der Waals surface area contributed by atoms with Gasteiger partial charge >= 0.3 is 0 Å². The maximum absolute atomic E-state index is 12.2. The lowest BCUT2D eigenvalue weighted by molar-refractivity contribution is 0.100. The van der Waals surface area contributed by atoms with Crippen LogP contribution in [-0.2, 0) is 0 Å². The monoisotopic (exact) mass is 273 g/mol. The van der Waals surface area contributed by atoms with Gasteiger partial charge in [-0.15, -0.1) is 0 Å². The zero-order chi connectivity index (χ0) is 13.8. The highest BCUT2D eigenvalue weighted by atomic mass is 35.5. The molecule has 2 nitrogen and oxygen atoms in total. The molecule has 0 saturated heterocycles. The van der Waals surface area contributed by atoms with Gasteiger partial charge in [0.05, 0.1) is 6.54 Å². The van der Waals surface area contributed by atoms with Crippen LogP contribution in [0.1, 0.15) is 15.9 Å². The molecule has 0 heterocycles. The summed E-state index contributed by atoms with van der Waals surface area (Å²) in [4.78, 5) is 14.1. The second-order valence-electron chi connectivity index (χ2n) is 4.58. The number of hydrogen-bond acceptors (Lipinski definition) is 2. The number of ketones is 1. The molecule has 2 aromatic rings. The molecule has 0 unspecified atom stereocenters. The number of carbonyl (C=O) groups is 1. The summed E-state index contributed by atoms with van der Waals surface area (Å²) in [5.41, 5.74) is 2.87. The van der Waals surface area contributed by atoms with E-state index in [1.165, 1.54) is 0 Å². The SMILES string of the molecule is Cc1ccccc1N(C)CC(=O)c1cccc(Cl)c1. The Morgan fingerprint density at radius 2 is 1.89 bits per heavy atom. The van der Waals surface area contributed by atoms with Gasteiger partial charge in [0.15, 0.2) is 5.78 Å². The third-order valence-corrected chi connectivity index (χ3v) is 3.29. The normalized spacial score (nSPS) is 10.3. The van der Waals surface area contributed by atoms with E-state index in [9.17, 15) is 4.79 Å². The Bertz CT molecular complexity index is 595. The van der Waals surface area contributed by atoms with E-state index in [0.717, 1.165) is 11.3 Å². The molecule has 2 rings (SSSR count). The molecule has 0 aromatic heterocycles. The van der Waals surface area contributed by atoms with E-state index >= 15 is 0 Å². The molecule has 19 heavy (non-hydrogen) atoms. The van der Waals surface area contributed by atoms with Crippen LogP contribution >= 0.6 is 11.6 Å². The highest BCUT2D eigenvalue weighted by molar-refractivity contribution is 6.31. The molecule has 0 atom stereocenters. The van der Waals surface area contributed by atoms with Crippen LogP contribution in [-0.4, -0.2) is 19.4 Å². The zero-order valence-electron chi connectivity index (χ0n) is 11.1. The fourth-order valence-corrected chi connectivity index (χ4v) is 2.24. The number of hydrogen-bond donors (Lipinski definition) is 0. The van der Waals surface area contributed by atoms with Gasteiger partial charge in [-0.25, -0.2) is 0 Å². The molecular weight excluding hydrogens is 258 g/mol. The molecule has 0 N–H and O–H groups in total. The Kier molecular flexibility index (Phi) is 4.23. The van der Waals surface area contributed by atoms with Gasteiger partial charge in [0.2, 0.25) is 0 Å². The third-order valence-electron chi connectivity index (χ3n) is 3.05. The van der Waals surface area contributed by atoms with E-state index in [1.807, 2.05) is 43.1 Å². The first-order valence-electron chi connectivity index (χ1n) is 6.13. The molecule has 3 heteroatoms. The minimum Gasteiger partial charge on any atom is -0.367 e. The van der Waals surface area contributed by atoms with Crippen molar-refractivity contribution in [1.82, 2.24) is 0 Å². The van der Waals surface area contributed by atoms with Gasteiger partial charge in [-0.1, -0.05) is 41.9 Å². The highest BCUT2D eigenvalue weighted by Crippen LogP contribution is 2.18. The number of benzene rings is 2. The number of likely N-dealkylation sites (N-methyl/N-ethyl adjacent to an activating group) is 1. The zero-order valence-corrected chi connectivity index (χ0v) is 11.8. The van der Waals surface area contributed by atoms with Crippen molar-refractivity contribution in [3.05, 3.63) is 64.7 Å². The first-order valence-corrected chi connectivity index (χ1v) is 6.51. The average Bonchev–Trinajstić information content (AvgIpc) is 2.39. The Balaban J connectivity index is 2.13. The van der Waals surface area contributed by atoms with Crippen LogP contribution in [0.15, 0.2) is 48.5 Å². The largest absolute Gasteiger partial charge is 0.367 e. The number of aryl methyl sites for hydroxylation is 1.